The number of methoxy groups -OCH3 is 1. The Bertz CT molecular complexity index is 661. The number of benzene rings is 2. The van der Waals surface area contributed by atoms with E-state index in [-0.39, 0.29) is 0 Å². The van der Waals surface area contributed by atoms with Gasteiger partial charge in [0.15, 0.2) is 5.11 Å². The Kier molecular flexibility index (Phi) is 5.54. The minimum absolute atomic E-state index is 0.390. The summed E-state index contributed by atoms with van der Waals surface area (Å²) in [5.41, 5.74) is 4.45. The number of rotatable bonds is 4. The average Bonchev–Trinajstić information content (AvgIpc) is 2.47. The Balaban J connectivity index is 1.90. The highest BCUT2D eigenvalue weighted by atomic mass is 35.5. The van der Waals surface area contributed by atoms with Crippen LogP contribution in [0.1, 0.15) is 5.56 Å². The minimum atomic E-state index is 0.390. The van der Waals surface area contributed by atoms with Crippen LogP contribution < -0.4 is 15.5 Å². The van der Waals surface area contributed by atoms with Crippen LogP contribution in [-0.2, 0) is 0 Å². The van der Waals surface area contributed by atoms with Gasteiger partial charge < -0.3 is 10.1 Å². The smallest absolute Gasteiger partial charge is 0.191 e. The number of ether oxygens (including phenoxy) is 1. The Morgan fingerprint density at radius 1 is 1.24 bits per heavy atom. The van der Waals surface area contributed by atoms with Gasteiger partial charge in [-0.25, -0.2) is 0 Å². The van der Waals surface area contributed by atoms with Crippen molar-refractivity contribution in [3.8, 4) is 5.75 Å². The summed E-state index contributed by atoms with van der Waals surface area (Å²) >= 11 is 11.0. The van der Waals surface area contributed by atoms with Crippen LogP contribution in [0.15, 0.2) is 53.6 Å². The number of thiocarbonyl (C=S) groups is 1. The van der Waals surface area contributed by atoms with E-state index < -0.39 is 0 Å². The molecular weight excluding hydrogens is 306 g/mol. The molecule has 0 radical (unpaired) electrons. The number of hydrogen-bond donors (Lipinski definition) is 2. The van der Waals surface area contributed by atoms with E-state index in [0.29, 0.717) is 10.1 Å². The Morgan fingerprint density at radius 3 is 2.81 bits per heavy atom. The minimum Gasteiger partial charge on any atom is -0.497 e. The van der Waals surface area contributed by atoms with Crippen LogP contribution in [0, 0.1) is 0 Å². The van der Waals surface area contributed by atoms with Crippen molar-refractivity contribution in [2.24, 2.45) is 5.10 Å². The van der Waals surface area contributed by atoms with Gasteiger partial charge in [0.2, 0.25) is 0 Å². The Labute approximate surface area is 133 Å². The Morgan fingerprint density at radius 2 is 2.05 bits per heavy atom. The molecule has 2 N–H and O–H groups in total. The van der Waals surface area contributed by atoms with Crippen LogP contribution in [0.3, 0.4) is 0 Å². The van der Waals surface area contributed by atoms with E-state index in [1.165, 1.54) is 0 Å². The van der Waals surface area contributed by atoms with Crippen LogP contribution in [0.2, 0.25) is 5.02 Å². The zero-order chi connectivity index (χ0) is 15.1. The molecule has 2 aromatic rings. The largest absolute Gasteiger partial charge is 0.497 e. The van der Waals surface area contributed by atoms with E-state index in [9.17, 15) is 0 Å². The molecule has 108 valence electrons. The molecule has 0 fully saturated rings. The van der Waals surface area contributed by atoms with E-state index in [1.54, 1.807) is 19.4 Å². The fraction of sp³-hybridized carbons (Fsp3) is 0.0667. The zero-order valence-electron chi connectivity index (χ0n) is 11.3. The van der Waals surface area contributed by atoms with Crippen molar-refractivity contribution in [3.63, 3.8) is 0 Å². The summed E-state index contributed by atoms with van der Waals surface area (Å²) in [4.78, 5) is 0. The van der Waals surface area contributed by atoms with Gasteiger partial charge in [0, 0.05) is 16.8 Å². The SMILES string of the molecule is COc1cccc(NC(=S)N/N=C/c2cccc(Cl)c2)c1. The molecule has 21 heavy (non-hydrogen) atoms. The fourth-order valence-corrected chi connectivity index (χ4v) is 1.98. The van der Waals surface area contributed by atoms with E-state index in [1.807, 2.05) is 42.5 Å². The van der Waals surface area contributed by atoms with E-state index in [0.717, 1.165) is 17.0 Å². The van der Waals surface area contributed by atoms with Crippen LogP contribution in [-0.4, -0.2) is 18.4 Å². The first-order valence-corrected chi connectivity index (χ1v) is 6.95. The number of halogens is 1. The van der Waals surface area contributed by atoms with Crippen LogP contribution in [0.4, 0.5) is 5.69 Å². The number of nitrogens with one attached hydrogen (secondary N) is 2. The predicted molar refractivity (Wildman–Crippen MR) is 91.4 cm³/mol. The lowest BCUT2D eigenvalue weighted by Gasteiger charge is -2.08. The monoisotopic (exact) mass is 319 g/mol. The standard InChI is InChI=1S/C15H14ClN3OS/c1-20-14-7-3-6-13(9-14)18-15(21)19-17-10-11-4-2-5-12(16)8-11/h2-10H,1H3,(H2,18,19,21)/b17-10+. The summed E-state index contributed by atoms with van der Waals surface area (Å²) in [6.45, 7) is 0. The molecule has 0 aliphatic carbocycles. The third kappa shape index (κ3) is 5.06. The summed E-state index contributed by atoms with van der Waals surface area (Å²) < 4.78 is 5.14. The van der Waals surface area contributed by atoms with Crippen molar-refractivity contribution in [3.05, 3.63) is 59.1 Å². The topological polar surface area (TPSA) is 45.6 Å². The lowest BCUT2D eigenvalue weighted by molar-refractivity contribution is 0.415. The van der Waals surface area contributed by atoms with Crippen molar-refractivity contribution in [2.75, 3.05) is 12.4 Å². The second kappa shape index (κ2) is 7.61. The highest BCUT2D eigenvalue weighted by Crippen LogP contribution is 2.16. The van der Waals surface area contributed by atoms with Gasteiger partial charge in [-0.15, -0.1) is 0 Å². The maximum Gasteiger partial charge on any atom is 0.191 e. The highest BCUT2D eigenvalue weighted by Gasteiger charge is 1.98. The lowest BCUT2D eigenvalue weighted by Crippen LogP contribution is -2.23. The first-order valence-electron chi connectivity index (χ1n) is 6.17. The maximum absolute atomic E-state index is 5.89. The second-order valence-electron chi connectivity index (χ2n) is 4.11. The third-order valence-corrected chi connectivity index (χ3v) is 2.98. The normalized spacial score (nSPS) is 10.4. The van der Waals surface area contributed by atoms with Crippen molar-refractivity contribution < 1.29 is 4.74 Å². The second-order valence-corrected chi connectivity index (χ2v) is 4.96. The van der Waals surface area contributed by atoms with Crippen molar-refractivity contribution in [2.45, 2.75) is 0 Å². The molecule has 0 heterocycles. The number of anilines is 1. The molecule has 0 aliphatic heterocycles. The van der Waals surface area contributed by atoms with Gasteiger partial charge in [-0.2, -0.15) is 5.10 Å². The van der Waals surface area contributed by atoms with Gasteiger partial charge in [0.25, 0.3) is 0 Å². The molecular formula is C15H14ClN3OS. The molecule has 4 nitrogen and oxygen atoms in total. The molecule has 0 atom stereocenters. The van der Waals surface area contributed by atoms with E-state index in [2.05, 4.69) is 15.8 Å². The summed E-state index contributed by atoms with van der Waals surface area (Å²) in [5, 5.41) is 8.12. The summed E-state index contributed by atoms with van der Waals surface area (Å²) in [7, 11) is 1.62. The number of hydrogen-bond acceptors (Lipinski definition) is 3. The molecule has 0 saturated carbocycles. The fourth-order valence-electron chi connectivity index (χ4n) is 1.61. The molecule has 6 heteroatoms. The molecule has 0 amide bonds. The van der Waals surface area contributed by atoms with Gasteiger partial charge in [-0.1, -0.05) is 29.8 Å². The molecule has 0 bridgehead atoms. The van der Waals surface area contributed by atoms with Crippen molar-refractivity contribution >= 4 is 40.8 Å². The van der Waals surface area contributed by atoms with Gasteiger partial charge in [0.1, 0.15) is 5.75 Å². The molecule has 2 rings (SSSR count). The summed E-state index contributed by atoms with van der Waals surface area (Å²) in [6, 6.07) is 14.8. The summed E-state index contributed by atoms with van der Waals surface area (Å²) in [5.74, 6) is 0.755. The van der Waals surface area contributed by atoms with E-state index >= 15 is 0 Å². The lowest BCUT2D eigenvalue weighted by atomic mass is 10.2. The molecule has 2 aromatic carbocycles. The van der Waals surface area contributed by atoms with Crippen LogP contribution in [0.25, 0.3) is 0 Å². The molecule has 0 unspecified atom stereocenters. The van der Waals surface area contributed by atoms with Gasteiger partial charge >= 0.3 is 0 Å². The highest BCUT2D eigenvalue weighted by molar-refractivity contribution is 7.80. The quantitative estimate of drug-likeness (QED) is 0.513. The van der Waals surface area contributed by atoms with Crippen LogP contribution in [0.5, 0.6) is 5.75 Å². The number of hydrazone groups is 1. The Hall–Kier alpha value is -2.11. The van der Waals surface area contributed by atoms with Gasteiger partial charge in [-0.3, -0.25) is 5.43 Å². The maximum atomic E-state index is 5.89. The molecule has 0 aromatic heterocycles. The van der Waals surface area contributed by atoms with E-state index in [4.69, 9.17) is 28.6 Å². The molecule has 0 spiro atoms. The van der Waals surface area contributed by atoms with Crippen molar-refractivity contribution in [1.82, 2.24) is 5.43 Å². The third-order valence-electron chi connectivity index (χ3n) is 2.56. The van der Waals surface area contributed by atoms with Gasteiger partial charge in [0.05, 0.1) is 13.3 Å². The van der Waals surface area contributed by atoms with Gasteiger partial charge in [-0.05, 0) is 42.0 Å². The van der Waals surface area contributed by atoms with Crippen LogP contribution >= 0.6 is 23.8 Å². The van der Waals surface area contributed by atoms with Crippen molar-refractivity contribution in [1.29, 1.82) is 0 Å². The molecule has 0 saturated heterocycles. The first-order chi connectivity index (χ1) is 10.2. The average molecular weight is 320 g/mol. The number of nitrogens with zero attached hydrogens (tertiary/aromatic N) is 1. The zero-order valence-corrected chi connectivity index (χ0v) is 12.9. The first kappa shape index (κ1) is 15.3. The molecule has 0 aliphatic rings. The summed E-state index contributed by atoms with van der Waals surface area (Å²) in [6.07, 6.45) is 1.64. The predicted octanol–water partition coefficient (Wildman–Crippen LogP) is 3.67.